The predicted molar refractivity (Wildman–Crippen MR) is 84.3 cm³/mol. The molecule has 1 N–H and O–H groups in total. The highest BCUT2D eigenvalue weighted by Gasteiger charge is 2.22. The molecule has 0 bridgehead atoms. The van der Waals surface area contributed by atoms with Crippen LogP contribution in [0.25, 0.3) is 0 Å². The van der Waals surface area contributed by atoms with Gasteiger partial charge in [-0.05, 0) is 31.2 Å². The Hall–Kier alpha value is -0.160. The second kappa shape index (κ2) is 13.8. The molecular weight excluding hydrogens is 254 g/mol. The van der Waals surface area contributed by atoms with Crippen molar-refractivity contribution in [1.29, 1.82) is 0 Å². The van der Waals surface area contributed by atoms with E-state index in [1.165, 1.54) is 19.3 Å². The molecule has 0 aliphatic rings. The summed E-state index contributed by atoms with van der Waals surface area (Å²) in [7, 11) is 1.68. The summed E-state index contributed by atoms with van der Waals surface area (Å²) >= 11 is 0. The van der Waals surface area contributed by atoms with Gasteiger partial charge in [0.25, 0.3) is 0 Å². The van der Waals surface area contributed by atoms with E-state index in [0.717, 1.165) is 26.1 Å². The Balaban J connectivity index is 3.63. The first-order valence-corrected chi connectivity index (χ1v) is 8.03. The van der Waals surface area contributed by atoms with Crippen LogP contribution in [-0.2, 0) is 14.2 Å². The third kappa shape index (κ3) is 11.6. The van der Waals surface area contributed by atoms with Crippen LogP contribution in [0.5, 0.6) is 0 Å². The first-order chi connectivity index (χ1) is 9.68. The van der Waals surface area contributed by atoms with Gasteiger partial charge >= 0.3 is 0 Å². The van der Waals surface area contributed by atoms with Crippen LogP contribution in [0.4, 0.5) is 0 Å². The van der Waals surface area contributed by atoms with Crippen LogP contribution in [0.2, 0.25) is 0 Å². The van der Waals surface area contributed by atoms with Gasteiger partial charge in [-0.25, -0.2) is 0 Å². The highest BCUT2D eigenvalue weighted by Crippen LogP contribution is 2.26. The monoisotopic (exact) mass is 289 g/mol. The lowest BCUT2D eigenvalue weighted by molar-refractivity contribution is 0.0168. The molecule has 0 aromatic rings. The number of ether oxygens (including phenoxy) is 3. The molecule has 1 unspecified atom stereocenters. The summed E-state index contributed by atoms with van der Waals surface area (Å²) in [6.45, 7) is 12.5. The molecule has 0 rings (SSSR count). The molecule has 122 valence electrons. The van der Waals surface area contributed by atoms with E-state index in [1.807, 2.05) is 0 Å². The molecule has 20 heavy (non-hydrogen) atoms. The van der Waals surface area contributed by atoms with Crippen LogP contribution in [-0.4, -0.2) is 53.2 Å². The minimum absolute atomic E-state index is 0.348. The topological polar surface area (TPSA) is 39.7 Å². The second-order valence-electron chi connectivity index (χ2n) is 5.70. The van der Waals surface area contributed by atoms with Gasteiger partial charge < -0.3 is 19.5 Å². The zero-order valence-corrected chi connectivity index (χ0v) is 14.0. The van der Waals surface area contributed by atoms with Crippen LogP contribution in [0.15, 0.2) is 0 Å². The van der Waals surface area contributed by atoms with Crippen molar-refractivity contribution in [3.05, 3.63) is 0 Å². The van der Waals surface area contributed by atoms with Crippen molar-refractivity contribution in [3.63, 3.8) is 0 Å². The van der Waals surface area contributed by atoms with E-state index in [2.05, 4.69) is 26.1 Å². The third-order valence-electron chi connectivity index (χ3n) is 3.49. The summed E-state index contributed by atoms with van der Waals surface area (Å²) in [5, 5.41) is 3.54. The number of hydrogen-bond donors (Lipinski definition) is 1. The maximum Gasteiger partial charge on any atom is 0.0701 e. The Kier molecular flexibility index (Phi) is 13.7. The fraction of sp³-hybridized carbons (Fsp3) is 1.00. The number of hydrogen-bond acceptors (Lipinski definition) is 4. The van der Waals surface area contributed by atoms with Crippen molar-refractivity contribution in [2.75, 3.05) is 53.2 Å². The molecule has 0 aromatic heterocycles. The normalized spacial score (nSPS) is 14.4. The molecule has 0 amide bonds. The molecule has 0 aliphatic carbocycles. The van der Waals surface area contributed by atoms with E-state index in [-0.39, 0.29) is 0 Å². The van der Waals surface area contributed by atoms with Gasteiger partial charge in [0, 0.05) is 20.3 Å². The molecule has 0 aliphatic heterocycles. The largest absolute Gasteiger partial charge is 0.382 e. The van der Waals surface area contributed by atoms with Gasteiger partial charge in [0.15, 0.2) is 0 Å². The van der Waals surface area contributed by atoms with Gasteiger partial charge in [-0.1, -0.05) is 27.2 Å². The number of rotatable bonds is 15. The molecule has 0 saturated heterocycles. The fourth-order valence-electron chi connectivity index (χ4n) is 2.26. The summed E-state index contributed by atoms with van der Waals surface area (Å²) in [6.07, 6.45) is 4.77. The Bertz CT molecular complexity index is 202. The summed E-state index contributed by atoms with van der Waals surface area (Å²) < 4.78 is 16.0. The van der Waals surface area contributed by atoms with Crippen molar-refractivity contribution >= 4 is 0 Å². The van der Waals surface area contributed by atoms with Crippen LogP contribution in [0.1, 0.15) is 46.5 Å². The zero-order valence-electron chi connectivity index (χ0n) is 14.0. The van der Waals surface area contributed by atoms with Crippen LogP contribution < -0.4 is 5.32 Å². The minimum Gasteiger partial charge on any atom is -0.382 e. The Morgan fingerprint density at radius 2 is 1.50 bits per heavy atom. The summed E-state index contributed by atoms with van der Waals surface area (Å²) in [5.74, 6) is 0. The molecule has 0 radical (unpaired) electrons. The van der Waals surface area contributed by atoms with Crippen molar-refractivity contribution in [3.8, 4) is 0 Å². The molecule has 4 nitrogen and oxygen atoms in total. The predicted octanol–water partition coefficient (Wildman–Crippen LogP) is 2.86. The maximum atomic E-state index is 5.67. The third-order valence-corrected chi connectivity index (χ3v) is 3.49. The Morgan fingerprint density at radius 3 is 2.10 bits per heavy atom. The molecule has 0 fully saturated rings. The van der Waals surface area contributed by atoms with Crippen LogP contribution in [0, 0.1) is 5.41 Å². The van der Waals surface area contributed by atoms with Gasteiger partial charge in [-0.3, -0.25) is 0 Å². The first-order valence-electron chi connectivity index (χ1n) is 8.03. The van der Waals surface area contributed by atoms with E-state index >= 15 is 0 Å². The Morgan fingerprint density at radius 1 is 0.850 bits per heavy atom. The fourth-order valence-corrected chi connectivity index (χ4v) is 2.26. The molecule has 4 heteroatoms. The molecule has 0 spiro atoms. The van der Waals surface area contributed by atoms with Gasteiger partial charge in [-0.15, -0.1) is 0 Å². The van der Waals surface area contributed by atoms with Gasteiger partial charge in [-0.2, -0.15) is 0 Å². The quantitative estimate of drug-likeness (QED) is 0.471. The number of nitrogens with one attached hydrogen (secondary N) is 1. The smallest absolute Gasteiger partial charge is 0.0701 e. The SMILES string of the molecule is CCCNCC(C)(CCC)CCOCCOCCOC. The van der Waals surface area contributed by atoms with E-state index in [9.17, 15) is 0 Å². The molecule has 0 saturated carbocycles. The molecule has 0 aromatic carbocycles. The van der Waals surface area contributed by atoms with E-state index in [0.29, 0.717) is 31.8 Å². The minimum atomic E-state index is 0.348. The van der Waals surface area contributed by atoms with E-state index < -0.39 is 0 Å². The van der Waals surface area contributed by atoms with Gasteiger partial charge in [0.2, 0.25) is 0 Å². The van der Waals surface area contributed by atoms with Crippen molar-refractivity contribution in [1.82, 2.24) is 5.32 Å². The zero-order chi connectivity index (χ0) is 15.1. The summed E-state index contributed by atoms with van der Waals surface area (Å²) in [6, 6.07) is 0. The summed E-state index contributed by atoms with van der Waals surface area (Å²) in [5.41, 5.74) is 0.348. The Labute approximate surface area is 125 Å². The van der Waals surface area contributed by atoms with Crippen molar-refractivity contribution in [2.45, 2.75) is 46.5 Å². The van der Waals surface area contributed by atoms with Crippen molar-refractivity contribution in [2.24, 2.45) is 5.41 Å². The number of methoxy groups -OCH3 is 1. The average Bonchev–Trinajstić information content (AvgIpc) is 2.42. The lowest BCUT2D eigenvalue weighted by Gasteiger charge is -2.29. The molecule has 0 heterocycles. The van der Waals surface area contributed by atoms with Gasteiger partial charge in [0.05, 0.1) is 26.4 Å². The second-order valence-corrected chi connectivity index (χ2v) is 5.70. The van der Waals surface area contributed by atoms with Crippen LogP contribution in [0.3, 0.4) is 0 Å². The maximum absolute atomic E-state index is 5.67. The summed E-state index contributed by atoms with van der Waals surface area (Å²) in [4.78, 5) is 0. The standard InChI is InChI=1S/C16H35NO3/c1-5-7-16(3,15-17-9-6-2)8-10-19-13-14-20-12-11-18-4/h17H,5-15H2,1-4H3. The highest BCUT2D eigenvalue weighted by molar-refractivity contribution is 4.76. The molecular formula is C16H35NO3. The van der Waals surface area contributed by atoms with Crippen molar-refractivity contribution < 1.29 is 14.2 Å². The lowest BCUT2D eigenvalue weighted by atomic mass is 9.82. The van der Waals surface area contributed by atoms with Crippen LogP contribution >= 0.6 is 0 Å². The van der Waals surface area contributed by atoms with E-state index in [1.54, 1.807) is 7.11 Å². The van der Waals surface area contributed by atoms with Gasteiger partial charge in [0.1, 0.15) is 0 Å². The highest BCUT2D eigenvalue weighted by atomic mass is 16.5. The lowest BCUT2D eigenvalue weighted by Crippen LogP contribution is -2.33. The van der Waals surface area contributed by atoms with E-state index in [4.69, 9.17) is 14.2 Å². The molecule has 1 atom stereocenters. The average molecular weight is 289 g/mol. The first kappa shape index (κ1) is 19.8.